The zero-order valence-corrected chi connectivity index (χ0v) is 9.79. The van der Waals surface area contributed by atoms with E-state index in [1.807, 2.05) is 0 Å². The Hall–Kier alpha value is -1.62. The predicted octanol–water partition coefficient (Wildman–Crippen LogP) is 1.61. The quantitative estimate of drug-likeness (QED) is 0.863. The van der Waals surface area contributed by atoms with E-state index < -0.39 is 23.7 Å². The van der Waals surface area contributed by atoms with Crippen LogP contribution in [0.15, 0.2) is 18.2 Å². The number of carbonyl (C=O) groups is 2. The Morgan fingerprint density at radius 1 is 1.53 bits per heavy atom. The van der Waals surface area contributed by atoms with Gasteiger partial charge in [-0.25, -0.2) is 9.18 Å². The van der Waals surface area contributed by atoms with Crippen molar-refractivity contribution in [2.24, 2.45) is 0 Å². The summed E-state index contributed by atoms with van der Waals surface area (Å²) in [6, 6.07) is 2.94. The smallest absolute Gasteiger partial charge is 0.326 e. The fraction of sp³-hybridized carbons (Fsp3) is 0.273. The van der Waals surface area contributed by atoms with Crippen molar-refractivity contribution in [2.75, 3.05) is 0 Å². The maximum absolute atomic E-state index is 13.1. The summed E-state index contributed by atoms with van der Waals surface area (Å²) in [5.41, 5.74) is 0.452. The van der Waals surface area contributed by atoms with E-state index >= 15 is 0 Å². The lowest BCUT2D eigenvalue weighted by atomic mass is 10.1. The molecule has 0 aliphatic rings. The molecule has 0 spiro atoms. The van der Waals surface area contributed by atoms with Crippen LogP contribution in [0.2, 0.25) is 5.02 Å². The lowest BCUT2D eigenvalue weighted by molar-refractivity contribution is -0.141. The van der Waals surface area contributed by atoms with E-state index in [0.29, 0.717) is 5.56 Å². The summed E-state index contributed by atoms with van der Waals surface area (Å²) in [7, 11) is 0. The third-order valence-electron chi connectivity index (χ3n) is 2.10. The number of rotatable bonds is 4. The third-order valence-corrected chi connectivity index (χ3v) is 2.41. The minimum absolute atomic E-state index is 0.00298. The van der Waals surface area contributed by atoms with Gasteiger partial charge in [-0.05, 0) is 17.7 Å². The molecular formula is C11H11ClFNO3. The molecule has 1 atom stereocenters. The van der Waals surface area contributed by atoms with Crippen molar-refractivity contribution >= 4 is 23.5 Å². The van der Waals surface area contributed by atoms with Crippen molar-refractivity contribution in [1.29, 1.82) is 0 Å². The van der Waals surface area contributed by atoms with Crippen LogP contribution in [-0.4, -0.2) is 23.0 Å². The zero-order valence-electron chi connectivity index (χ0n) is 9.04. The standard InChI is InChI=1S/C11H11ClFNO3/c1-6(15)14-10(11(16)17)5-7-2-3-8(12)9(13)4-7/h2-4,10H,5H2,1H3,(H,14,15)(H,16,17). The second-order valence-electron chi connectivity index (χ2n) is 3.54. The van der Waals surface area contributed by atoms with E-state index in [2.05, 4.69) is 5.32 Å². The number of nitrogens with one attached hydrogen (secondary N) is 1. The van der Waals surface area contributed by atoms with Crippen LogP contribution in [0, 0.1) is 5.82 Å². The summed E-state index contributed by atoms with van der Waals surface area (Å²) in [5.74, 6) is -2.24. The third kappa shape index (κ3) is 4.03. The molecule has 4 nitrogen and oxygen atoms in total. The Morgan fingerprint density at radius 3 is 2.65 bits per heavy atom. The van der Waals surface area contributed by atoms with Crippen molar-refractivity contribution in [3.8, 4) is 0 Å². The van der Waals surface area contributed by atoms with Crippen molar-refractivity contribution in [2.45, 2.75) is 19.4 Å². The van der Waals surface area contributed by atoms with E-state index in [-0.39, 0.29) is 11.4 Å². The molecule has 0 aliphatic carbocycles. The molecule has 1 aromatic carbocycles. The highest BCUT2D eigenvalue weighted by atomic mass is 35.5. The fourth-order valence-corrected chi connectivity index (χ4v) is 1.47. The van der Waals surface area contributed by atoms with Gasteiger partial charge in [0.25, 0.3) is 0 Å². The maximum atomic E-state index is 13.1. The summed E-state index contributed by atoms with van der Waals surface area (Å²) in [5, 5.41) is 11.1. The molecule has 0 bridgehead atoms. The molecule has 92 valence electrons. The Bertz CT molecular complexity index is 450. The summed E-state index contributed by atoms with van der Waals surface area (Å²) in [4.78, 5) is 21.7. The van der Waals surface area contributed by atoms with Crippen LogP contribution in [-0.2, 0) is 16.0 Å². The maximum Gasteiger partial charge on any atom is 0.326 e. The summed E-state index contributed by atoms with van der Waals surface area (Å²) >= 11 is 5.50. The van der Waals surface area contributed by atoms with E-state index in [1.165, 1.54) is 19.1 Å². The molecule has 6 heteroatoms. The van der Waals surface area contributed by atoms with Crippen molar-refractivity contribution in [3.05, 3.63) is 34.6 Å². The van der Waals surface area contributed by atoms with E-state index in [1.54, 1.807) is 0 Å². The van der Waals surface area contributed by atoms with Gasteiger partial charge in [-0.1, -0.05) is 17.7 Å². The van der Waals surface area contributed by atoms with Crippen LogP contribution in [0.1, 0.15) is 12.5 Å². The molecular weight excluding hydrogens is 249 g/mol. The average molecular weight is 260 g/mol. The van der Waals surface area contributed by atoms with Gasteiger partial charge >= 0.3 is 5.97 Å². The minimum atomic E-state index is -1.17. The first kappa shape index (κ1) is 13.4. The number of carboxylic acids is 1. The topological polar surface area (TPSA) is 66.4 Å². The molecule has 0 saturated carbocycles. The molecule has 1 amide bonds. The molecule has 2 N–H and O–H groups in total. The highest BCUT2D eigenvalue weighted by Gasteiger charge is 2.19. The first-order chi connectivity index (χ1) is 7.90. The molecule has 0 saturated heterocycles. The number of halogens is 2. The van der Waals surface area contributed by atoms with Crippen LogP contribution >= 0.6 is 11.6 Å². The van der Waals surface area contributed by atoms with Crippen molar-refractivity contribution < 1.29 is 19.1 Å². The molecule has 17 heavy (non-hydrogen) atoms. The van der Waals surface area contributed by atoms with Crippen molar-refractivity contribution in [3.63, 3.8) is 0 Å². The SMILES string of the molecule is CC(=O)NC(Cc1ccc(Cl)c(F)c1)C(=O)O. The van der Waals surface area contributed by atoms with Gasteiger partial charge in [0.05, 0.1) is 5.02 Å². The second-order valence-corrected chi connectivity index (χ2v) is 3.95. The van der Waals surface area contributed by atoms with Crippen LogP contribution in [0.25, 0.3) is 0 Å². The van der Waals surface area contributed by atoms with Crippen molar-refractivity contribution in [1.82, 2.24) is 5.32 Å². The average Bonchev–Trinajstić information content (AvgIpc) is 2.21. The largest absolute Gasteiger partial charge is 0.480 e. The molecule has 0 fully saturated rings. The number of amides is 1. The van der Waals surface area contributed by atoms with Gasteiger partial charge in [-0.15, -0.1) is 0 Å². The molecule has 1 aromatic rings. The predicted molar refractivity (Wildman–Crippen MR) is 60.4 cm³/mol. The van der Waals surface area contributed by atoms with E-state index in [9.17, 15) is 14.0 Å². The van der Waals surface area contributed by atoms with Gasteiger partial charge in [0, 0.05) is 13.3 Å². The van der Waals surface area contributed by atoms with Gasteiger partial charge < -0.3 is 10.4 Å². The van der Waals surface area contributed by atoms with Gasteiger partial charge in [-0.2, -0.15) is 0 Å². The highest BCUT2D eigenvalue weighted by molar-refractivity contribution is 6.30. The molecule has 0 aliphatic heterocycles. The summed E-state index contributed by atoms with van der Waals surface area (Å²) < 4.78 is 13.1. The van der Waals surface area contributed by atoms with E-state index in [0.717, 1.165) is 6.07 Å². The Kier molecular flexibility index (Phi) is 4.45. The number of benzene rings is 1. The van der Waals surface area contributed by atoms with Gasteiger partial charge in [0.15, 0.2) is 0 Å². The van der Waals surface area contributed by atoms with Crippen LogP contribution in [0.3, 0.4) is 0 Å². The summed E-state index contributed by atoms with van der Waals surface area (Å²) in [6.45, 7) is 1.22. The lowest BCUT2D eigenvalue weighted by Crippen LogP contribution is -2.41. The van der Waals surface area contributed by atoms with Gasteiger partial charge in [-0.3, -0.25) is 4.79 Å². The normalized spacial score (nSPS) is 11.9. The molecule has 0 heterocycles. The number of aliphatic carboxylic acids is 1. The fourth-order valence-electron chi connectivity index (χ4n) is 1.35. The molecule has 1 unspecified atom stereocenters. The monoisotopic (exact) mass is 259 g/mol. The van der Waals surface area contributed by atoms with Crippen LogP contribution in [0.5, 0.6) is 0 Å². The number of carbonyl (C=O) groups excluding carboxylic acids is 1. The number of hydrogen-bond donors (Lipinski definition) is 2. The van der Waals surface area contributed by atoms with E-state index in [4.69, 9.17) is 16.7 Å². The lowest BCUT2D eigenvalue weighted by Gasteiger charge is -2.13. The van der Waals surface area contributed by atoms with Gasteiger partial charge in [0.2, 0.25) is 5.91 Å². The first-order valence-electron chi connectivity index (χ1n) is 4.84. The second kappa shape index (κ2) is 5.63. The van der Waals surface area contributed by atoms with Crippen LogP contribution in [0.4, 0.5) is 4.39 Å². The first-order valence-corrected chi connectivity index (χ1v) is 5.21. The Labute approximate surface area is 102 Å². The molecule has 0 radical (unpaired) electrons. The minimum Gasteiger partial charge on any atom is -0.480 e. The number of carboxylic acid groups (broad SMARTS) is 1. The molecule has 0 aromatic heterocycles. The van der Waals surface area contributed by atoms with Gasteiger partial charge in [0.1, 0.15) is 11.9 Å². The van der Waals surface area contributed by atoms with Crippen LogP contribution < -0.4 is 5.32 Å². The zero-order chi connectivity index (χ0) is 13.0. The Morgan fingerprint density at radius 2 is 2.18 bits per heavy atom. The highest BCUT2D eigenvalue weighted by Crippen LogP contribution is 2.16. The molecule has 1 rings (SSSR count). The number of hydrogen-bond acceptors (Lipinski definition) is 2. The summed E-state index contributed by atoms with van der Waals surface area (Å²) in [6.07, 6.45) is 0.00298. The Balaban J connectivity index is 2.82.